The molecule has 5 nitrogen and oxygen atoms in total. The Morgan fingerprint density at radius 3 is 2.48 bits per heavy atom. The van der Waals surface area contributed by atoms with Crippen LogP contribution in [0.15, 0.2) is 53.6 Å². The van der Waals surface area contributed by atoms with Gasteiger partial charge in [-0.3, -0.25) is 4.79 Å². The number of carbonyl (C=O) groups excluding carboxylic acids is 1. The van der Waals surface area contributed by atoms with E-state index in [9.17, 15) is 14.7 Å². The Kier molecular flexibility index (Phi) is 7.22. The Bertz CT molecular complexity index is 715. The molecular formula is C22H28O5. The molecule has 27 heavy (non-hydrogen) atoms. The van der Waals surface area contributed by atoms with Crippen LogP contribution < -0.4 is 4.74 Å². The Hall–Kier alpha value is -2.56. The number of rotatable bonds is 8. The molecule has 0 saturated carbocycles. The fraction of sp³-hybridized carbons (Fsp3) is 0.455. The molecular weight excluding hydrogens is 344 g/mol. The van der Waals surface area contributed by atoms with Gasteiger partial charge in [0.2, 0.25) is 0 Å². The van der Waals surface area contributed by atoms with Crippen molar-refractivity contribution >= 4 is 12.1 Å². The van der Waals surface area contributed by atoms with Gasteiger partial charge in [-0.1, -0.05) is 63.1 Å². The van der Waals surface area contributed by atoms with Crippen LogP contribution in [-0.2, 0) is 9.53 Å². The lowest BCUT2D eigenvalue weighted by molar-refractivity contribution is -0.142. The summed E-state index contributed by atoms with van der Waals surface area (Å²) in [6.45, 7) is 6.29. The molecule has 0 bridgehead atoms. The number of hydrogen-bond donors (Lipinski definition) is 1. The highest BCUT2D eigenvalue weighted by molar-refractivity contribution is 5.75. The lowest BCUT2D eigenvalue weighted by Gasteiger charge is -2.37. The Morgan fingerprint density at radius 1 is 1.15 bits per heavy atom. The number of ether oxygens (including phenoxy) is 2. The van der Waals surface area contributed by atoms with Gasteiger partial charge in [0.1, 0.15) is 5.75 Å². The maximum atomic E-state index is 11.8. The van der Waals surface area contributed by atoms with E-state index in [1.54, 1.807) is 30.3 Å². The summed E-state index contributed by atoms with van der Waals surface area (Å²) in [4.78, 5) is 23.4. The highest BCUT2D eigenvalue weighted by atomic mass is 16.7. The van der Waals surface area contributed by atoms with Crippen LogP contribution in [0.1, 0.15) is 46.5 Å². The first-order valence-corrected chi connectivity index (χ1v) is 9.39. The van der Waals surface area contributed by atoms with Crippen molar-refractivity contribution in [1.29, 1.82) is 0 Å². The summed E-state index contributed by atoms with van der Waals surface area (Å²) < 4.78 is 10.3. The first-order valence-electron chi connectivity index (χ1n) is 9.39. The fourth-order valence-electron chi connectivity index (χ4n) is 3.55. The van der Waals surface area contributed by atoms with Gasteiger partial charge in [0.05, 0.1) is 12.5 Å². The topological polar surface area (TPSA) is 72.8 Å². The Balaban J connectivity index is 1.94. The maximum absolute atomic E-state index is 11.8. The molecule has 0 saturated heterocycles. The van der Waals surface area contributed by atoms with Crippen molar-refractivity contribution in [3.8, 4) is 5.75 Å². The van der Waals surface area contributed by atoms with Crippen LogP contribution in [0, 0.1) is 11.3 Å². The number of para-hydroxylation sites is 1. The maximum Gasteiger partial charge on any atom is 0.513 e. The highest BCUT2D eigenvalue weighted by Crippen LogP contribution is 2.44. The SMILES string of the molecule is CCCC1=C(CCCOC(=O)Oc2ccccc2)C(C)(C)C(C(=O)O)C=C1. The summed E-state index contributed by atoms with van der Waals surface area (Å²) in [6, 6.07) is 8.77. The van der Waals surface area contributed by atoms with Crippen LogP contribution >= 0.6 is 0 Å². The average Bonchev–Trinajstić information content (AvgIpc) is 2.61. The zero-order valence-corrected chi connectivity index (χ0v) is 16.2. The summed E-state index contributed by atoms with van der Waals surface area (Å²) in [5.74, 6) is -0.914. The number of benzene rings is 1. The van der Waals surface area contributed by atoms with Gasteiger partial charge >= 0.3 is 12.1 Å². The normalized spacial score (nSPS) is 18.3. The van der Waals surface area contributed by atoms with Crippen LogP contribution in [0.4, 0.5) is 4.79 Å². The molecule has 0 aromatic heterocycles. The van der Waals surface area contributed by atoms with Crippen molar-refractivity contribution in [2.45, 2.75) is 46.5 Å². The lowest BCUT2D eigenvalue weighted by atomic mass is 9.66. The van der Waals surface area contributed by atoms with Crippen LogP contribution in [0.25, 0.3) is 0 Å². The van der Waals surface area contributed by atoms with Gasteiger partial charge in [-0.25, -0.2) is 4.79 Å². The minimum absolute atomic E-state index is 0.228. The predicted molar refractivity (Wildman–Crippen MR) is 104 cm³/mol. The van der Waals surface area contributed by atoms with Crippen LogP contribution in [0.3, 0.4) is 0 Å². The summed E-state index contributed by atoms with van der Waals surface area (Å²) in [6.07, 6.45) is 6.24. The van der Waals surface area contributed by atoms with Crippen LogP contribution in [0.5, 0.6) is 5.75 Å². The van der Waals surface area contributed by atoms with Gasteiger partial charge in [0.15, 0.2) is 0 Å². The van der Waals surface area contributed by atoms with Gasteiger partial charge < -0.3 is 14.6 Å². The second kappa shape index (κ2) is 9.40. The summed E-state index contributed by atoms with van der Waals surface area (Å²) in [5.41, 5.74) is 1.88. The molecule has 146 valence electrons. The molecule has 0 fully saturated rings. The van der Waals surface area contributed by atoms with E-state index in [4.69, 9.17) is 9.47 Å². The molecule has 1 aliphatic rings. The fourth-order valence-corrected chi connectivity index (χ4v) is 3.55. The van der Waals surface area contributed by atoms with Crippen molar-refractivity contribution in [3.05, 3.63) is 53.6 Å². The zero-order valence-electron chi connectivity index (χ0n) is 16.2. The number of aliphatic carboxylic acids is 1. The van der Waals surface area contributed by atoms with E-state index in [1.165, 1.54) is 5.57 Å². The first kappa shape index (κ1) is 20.7. The minimum Gasteiger partial charge on any atom is -0.481 e. The molecule has 1 N–H and O–H groups in total. The molecule has 1 unspecified atom stereocenters. The third kappa shape index (κ3) is 5.46. The third-order valence-electron chi connectivity index (χ3n) is 4.95. The Morgan fingerprint density at radius 2 is 1.85 bits per heavy atom. The number of carboxylic acids is 1. The minimum atomic E-state index is -0.813. The van der Waals surface area contributed by atoms with Gasteiger partial charge in [0, 0.05) is 5.41 Å². The van der Waals surface area contributed by atoms with E-state index < -0.39 is 23.5 Å². The van der Waals surface area contributed by atoms with Crippen LogP contribution in [-0.4, -0.2) is 23.8 Å². The number of carboxylic acid groups (broad SMARTS) is 1. The van der Waals surface area contributed by atoms with Crippen molar-refractivity contribution < 1.29 is 24.2 Å². The Labute approximate surface area is 160 Å². The quantitative estimate of drug-likeness (QED) is 0.377. The van der Waals surface area contributed by atoms with Gasteiger partial charge in [-0.2, -0.15) is 0 Å². The smallest absolute Gasteiger partial charge is 0.481 e. The standard InChI is InChI=1S/C22H28O5/c1-4-9-16-13-14-19(20(23)24)22(2,3)18(16)12-8-15-26-21(25)27-17-10-6-5-7-11-17/h5-7,10-11,13-14,19H,4,8-9,12,15H2,1-3H3,(H,23,24). The highest BCUT2D eigenvalue weighted by Gasteiger charge is 2.39. The van der Waals surface area contributed by atoms with Gasteiger partial charge in [-0.05, 0) is 37.0 Å². The third-order valence-corrected chi connectivity index (χ3v) is 4.95. The predicted octanol–water partition coefficient (Wildman–Crippen LogP) is 5.38. The van der Waals surface area contributed by atoms with E-state index in [2.05, 4.69) is 6.92 Å². The van der Waals surface area contributed by atoms with E-state index in [-0.39, 0.29) is 6.61 Å². The second-order valence-corrected chi connectivity index (χ2v) is 7.27. The van der Waals surface area contributed by atoms with Crippen molar-refractivity contribution in [2.24, 2.45) is 11.3 Å². The summed E-state index contributed by atoms with van der Waals surface area (Å²) >= 11 is 0. The van der Waals surface area contributed by atoms with Crippen molar-refractivity contribution in [3.63, 3.8) is 0 Å². The molecule has 1 aliphatic carbocycles. The molecule has 0 heterocycles. The second-order valence-electron chi connectivity index (χ2n) is 7.27. The van der Waals surface area contributed by atoms with Crippen molar-refractivity contribution in [1.82, 2.24) is 0 Å². The summed E-state index contributed by atoms with van der Waals surface area (Å²) in [5, 5.41) is 9.53. The van der Waals surface area contributed by atoms with E-state index in [0.717, 1.165) is 18.4 Å². The lowest BCUT2D eigenvalue weighted by Crippen LogP contribution is -2.34. The number of hydrogen-bond acceptors (Lipinski definition) is 4. The molecule has 0 amide bonds. The van der Waals surface area contributed by atoms with E-state index >= 15 is 0 Å². The monoisotopic (exact) mass is 372 g/mol. The number of carbonyl (C=O) groups is 2. The molecule has 1 aromatic rings. The summed E-state index contributed by atoms with van der Waals surface area (Å²) in [7, 11) is 0. The average molecular weight is 372 g/mol. The number of allylic oxidation sites excluding steroid dienone is 3. The van der Waals surface area contributed by atoms with Crippen LogP contribution in [0.2, 0.25) is 0 Å². The molecule has 5 heteroatoms. The molecule has 0 spiro atoms. The molecule has 1 atom stereocenters. The zero-order chi connectivity index (χ0) is 19.9. The van der Waals surface area contributed by atoms with Crippen molar-refractivity contribution in [2.75, 3.05) is 6.61 Å². The molecule has 0 aliphatic heterocycles. The molecule has 0 radical (unpaired) electrons. The molecule has 1 aromatic carbocycles. The van der Waals surface area contributed by atoms with Gasteiger partial charge in [0.25, 0.3) is 0 Å². The van der Waals surface area contributed by atoms with E-state index in [1.807, 2.05) is 26.0 Å². The first-order chi connectivity index (χ1) is 12.9. The molecule has 2 rings (SSSR count). The van der Waals surface area contributed by atoms with E-state index in [0.29, 0.717) is 18.6 Å². The largest absolute Gasteiger partial charge is 0.513 e. The van der Waals surface area contributed by atoms with Gasteiger partial charge in [-0.15, -0.1) is 0 Å².